The molecule has 0 radical (unpaired) electrons. The number of ether oxygens (including phenoxy) is 1. The molecule has 0 bridgehead atoms. The number of benzene rings is 2. The van der Waals surface area contributed by atoms with Crippen LogP contribution in [0.3, 0.4) is 0 Å². The molecule has 0 fully saturated rings. The predicted octanol–water partition coefficient (Wildman–Crippen LogP) is 4.16. The summed E-state index contributed by atoms with van der Waals surface area (Å²) in [5, 5.41) is 5.46. The van der Waals surface area contributed by atoms with E-state index in [4.69, 9.17) is 4.74 Å². The van der Waals surface area contributed by atoms with Gasteiger partial charge in [0.2, 0.25) is 5.91 Å². The molecule has 7 nitrogen and oxygen atoms in total. The molecule has 1 heterocycles. The van der Waals surface area contributed by atoms with Crippen LogP contribution in [0, 0.1) is 0 Å². The third-order valence-electron chi connectivity index (χ3n) is 5.75. The van der Waals surface area contributed by atoms with Gasteiger partial charge in [0.15, 0.2) is 0 Å². The summed E-state index contributed by atoms with van der Waals surface area (Å²) < 4.78 is 5.19. The van der Waals surface area contributed by atoms with Crippen LogP contribution in [0.2, 0.25) is 0 Å². The Kier molecular flexibility index (Phi) is 8.68. The maximum atomic E-state index is 13.1. The van der Waals surface area contributed by atoms with E-state index in [1.165, 1.54) is 0 Å². The number of rotatable bonds is 8. The van der Waals surface area contributed by atoms with Gasteiger partial charge in [0, 0.05) is 18.3 Å². The lowest BCUT2D eigenvalue weighted by molar-refractivity contribution is -0.121. The van der Waals surface area contributed by atoms with E-state index in [0.29, 0.717) is 13.0 Å². The van der Waals surface area contributed by atoms with Gasteiger partial charge in [0.05, 0.1) is 6.04 Å². The average molecular weight is 478 g/mol. The minimum Gasteiger partial charge on any atom is -0.444 e. The van der Waals surface area contributed by atoms with Crippen molar-refractivity contribution in [3.05, 3.63) is 77.4 Å². The maximum Gasteiger partial charge on any atom is 0.408 e. The third kappa shape index (κ3) is 7.98. The van der Waals surface area contributed by atoms with E-state index in [0.717, 1.165) is 35.2 Å². The second-order valence-corrected chi connectivity index (χ2v) is 9.76. The van der Waals surface area contributed by atoms with Crippen molar-refractivity contribution in [3.63, 3.8) is 0 Å². The number of nitrogens with zero attached hydrogens (tertiary/aromatic N) is 1. The van der Waals surface area contributed by atoms with Gasteiger partial charge in [-0.1, -0.05) is 48.5 Å². The first-order valence-electron chi connectivity index (χ1n) is 12.0. The van der Waals surface area contributed by atoms with E-state index in [9.17, 15) is 14.4 Å². The standard InChI is InChI=1S/C28H35N3O4/c1-20(18-26(33)31-17-16-22-12-8-9-13-24(22)31)23(15-14-21-10-6-5-7-11-21)30-25(32)19-29-27(34)35-28(2,3)4/h5-13,18,23H,14-17,19H2,1-4H3,(H,29,34)(H,30,32)/b20-18+/t23-/m0/s1. The van der Waals surface area contributed by atoms with Gasteiger partial charge in [-0.25, -0.2) is 4.79 Å². The maximum absolute atomic E-state index is 13.1. The molecule has 1 aliphatic heterocycles. The first kappa shape index (κ1) is 26.0. The van der Waals surface area contributed by atoms with Crippen LogP contribution >= 0.6 is 0 Å². The lowest BCUT2D eigenvalue weighted by atomic mass is 9.99. The molecule has 0 saturated carbocycles. The minimum absolute atomic E-state index is 0.0988. The van der Waals surface area contributed by atoms with Gasteiger partial charge in [-0.3, -0.25) is 9.59 Å². The average Bonchev–Trinajstić information content (AvgIpc) is 3.24. The van der Waals surface area contributed by atoms with Crippen LogP contribution in [0.1, 0.15) is 45.2 Å². The van der Waals surface area contributed by atoms with Crippen molar-refractivity contribution in [2.45, 2.75) is 58.6 Å². The Morgan fingerprint density at radius 2 is 1.74 bits per heavy atom. The van der Waals surface area contributed by atoms with E-state index >= 15 is 0 Å². The lowest BCUT2D eigenvalue weighted by Gasteiger charge is -2.22. The van der Waals surface area contributed by atoms with E-state index < -0.39 is 11.7 Å². The number of aryl methyl sites for hydroxylation is 1. The number of carbonyl (C=O) groups excluding carboxylic acids is 3. The molecule has 0 saturated heterocycles. The van der Waals surface area contributed by atoms with E-state index in [2.05, 4.69) is 10.6 Å². The molecule has 0 aromatic heterocycles. The number of hydrogen-bond acceptors (Lipinski definition) is 4. The van der Waals surface area contributed by atoms with Gasteiger partial charge in [0.25, 0.3) is 5.91 Å². The molecule has 3 rings (SSSR count). The summed E-state index contributed by atoms with van der Waals surface area (Å²) >= 11 is 0. The van der Waals surface area contributed by atoms with E-state index in [1.807, 2.05) is 61.5 Å². The Morgan fingerprint density at radius 3 is 2.46 bits per heavy atom. The van der Waals surface area contributed by atoms with Crippen LogP contribution in [0.15, 0.2) is 66.2 Å². The summed E-state index contributed by atoms with van der Waals surface area (Å²) in [6.07, 6.45) is 3.15. The van der Waals surface area contributed by atoms with Crippen molar-refractivity contribution >= 4 is 23.6 Å². The largest absolute Gasteiger partial charge is 0.444 e. The summed E-state index contributed by atoms with van der Waals surface area (Å²) in [6.45, 7) is 7.57. The Morgan fingerprint density at radius 1 is 1.06 bits per heavy atom. The predicted molar refractivity (Wildman–Crippen MR) is 137 cm³/mol. The molecule has 2 aromatic rings. The molecule has 7 heteroatoms. The third-order valence-corrected chi connectivity index (χ3v) is 5.75. The highest BCUT2D eigenvalue weighted by atomic mass is 16.6. The molecular weight excluding hydrogens is 442 g/mol. The highest BCUT2D eigenvalue weighted by Crippen LogP contribution is 2.28. The van der Waals surface area contributed by atoms with Crippen LogP contribution in [0.25, 0.3) is 0 Å². The molecule has 2 N–H and O–H groups in total. The fraction of sp³-hybridized carbons (Fsp3) is 0.393. The van der Waals surface area contributed by atoms with Crippen LogP contribution in [0.5, 0.6) is 0 Å². The summed E-state index contributed by atoms with van der Waals surface area (Å²) in [6, 6.07) is 17.5. The van der Waals surface area contributed by atoms with Gasteiger partial charge < -0.3 is 20.3 Å². The quantitative estimate of drug-likeness (QED) is 0.559. The molecular formula is C28H35N3O4. The van der Waals surface area contributed by atoms with Crippen molar-refractivity contribution in [3.8, 4) is 0 Å². The molecule has 186 valence electrons. The lowest BCUT2D eigenvalue weighted by Crippen LogP contribution is -2.44. The van der Waals surface area contributed by atoms with Gasteiger partial charge in [-0.15, -0.1) is 0 Å². The monoisotopic (exact) mass is 477 g/mol. The van der Waals surface area contributed by atoms with Crippen LogP contribution < -0.4 is 15.5 Å². The molecule has 3 amide bonds. The Hall–Kier alpha value is -3.61. The van der Waals surface area contributed by atoms with E-state index in [1.54, 1.807) is 31.7 Å². The normalized spacial score (nSPS) is 14.2. The van der Waals surface area contributed by atoms with Gasteiger partial charge in [-0.2, -0.15) is 0 Å². The number of carbonyl (C=O) groups is 3. The van der Waals surface area contributed by atoms with Crippen molar-refractivity contribution < 1.29 is 19.1 Å². The Bertz CT molecular complexity index is 1070. The number of fused-ring (bicyclic) bond motifs is 1. The molecule has 1 atom stereocenters. The molecule has 2 aromatic carbocycles. The van der Waals surface area contributed by atoms with Crippen LogP contribution in [0.4, 0.5) is 10.5 Å². The molecule has 0 unspecified atom stereocenters. The molecule has 35 heavy (non-hydrogen) atoms. The Balaban J connectivity index is 1.67. The summed E-state index contributed by atoms with van der Waals surface area (Å²) in [4.78, 5) is 39.4. The second-order valence-electron chi connectivity index (χ2n) is 9.76. The molecule has 0 spiro atoms. The number of nitrogens with one attached hydrogen (secondary N) is 2. The highest BCUT2D eigenvalue weighted by molar-refractivity contribution is 6.03. The smallest absolute Gasteiger partial charge is 0.408 e. The first-order valence-corrected chi connectivity index (χ1v) is 12.0. The number of alkyl carbamates (subject to hydrolysis) is 1. The summed E-state index contributed by atoms with van der Waals surface area (Å²) in [5.74, 6) is -0.445. The zero-order chi connectivity index (χ0) is 25.4. The summed E-state index contributed by atoms with van der Waals surface area (Å²) in [7, 11) is 0. The SMILES string of the molecule is C/C(=C\C(=O)N1CCc2ccccc21)[C@H](CCc1ccccc1)NC(=O)CNC(=O)OC(C)(C)C. The fourth-order valence-electron chi connectivity index (χ4n) is 4.02. The topological polar surface area (TPSA) is 87.7 Å². The number of anilines is 1. The Labute approximate surface area is 207 Å². The fourth-order valence-corrected chi connectivity index (χ4v) is 4.02. The first-order chi connectivity index (χ1) is 16.6. The highest BCUT2D eigenvalue weighted by Gasteiger charge is 2.24. The van der Waals surface area contributed by atoms with Crippen molar-refractivity contribution in [1.82, 2.24) is 10.6 Å². The van der Waals surface area contributed by atoms with Crippen molar-refractivity contribution in [2.75, 3.05) is 18.0 Å². The van der Waals surface area contributed by atoms with Crippen molar-refractivity contribution in [2.24, 2.45) is 0 Å². The number of hydrogen-bond donors (Lipinski definition) is 2. The van der Waals surface area contributed by atoms with Gasteiger partial charge >= 0.3 is 6.09 Å². The van der Waals surface area contributed by atoms with Gasteiger partial charge in [0.1, 0.15) is 12.1 Å². The van der Waals surface area contributed by atoms with E-state index in [-0.39, 0.29) is 24.4 Å². The van der Waals surface area contributed by atoms with Crippen LogP contribution in [-0.4, -0.2) is 42.6 Å². The number of para-hydroxylation sites is 1. The zero-order valence-electron chi connectivity index (χ0n) is 21.0. The molecule has 1 aliphatic rings. The van der Waals surface area contributed by atoms with Crippen molar-refractivity contribution in [1.29, 1.82) is 0 Å². The number of amides is 3. The zero-order valence-corrected chi connectivity index (χ0v) is 21.0. The molecule has 0 aliphatic carbocycles. The van der Waals surface area contributed by atoms with Gasteiger partial charge in [-0.05, 0) is 69.7 Å². The summed E-state index contributed by atoms with van der Waals surface area (Å²) in [5.41, 5.74) is 3.36. The van der Waals surface area contributed by atoms with Crippen LogP contribution in [-0.2, 0) is 27.2 Å². The minimum atomic E-state index is -0.649. The second kappa shape index (κ2) is 11.7.